The van der Waals surface area contributed by atoms with Crippen molar-refractivity contribution in [2.45, 2.75) is 0 Å². The molecule has 4 aromatic carbocycles. The van der Waals surface area contributed by atoms with Crippen LogP contribution in [-0.4, -0.2) is 11.9 Å². The second-order valence-corrected chi connectivity index (χ2v) is 7.92. The SMILES string of the molecule is N#Cc1ccc(C#N)c2c1OC(=O)c1ccc(N3c4ccccc4Oc4ccccc43)cc1OC2=O. The Kier molecular flexibility index (Phi) is 4.67. The number of nitriles is 2. The molecule has 0 saturated heterocycles. The van der Waals surface area contributed by atoms with Gasteiger partial charge in [-0.3, -0.25) is 0 Å². The van der Waals surface area contributed by atoms with Gasteiger partial charge < -0.3 is 19.1 Å². The highest BCUT2D eigenvalue weighted by Crippen LogP contribution is 2.50. The lowest BCUT2D eigenvalue weighted by Gasteiger charge is -2.33. The third kappa shape index (κ3) is 3.14. The van der Waals surface area contributed by atoms with Crippen molar-refractivity contribution in [1.82, 2.24) is 0 Å². The van der Waals surface area contributed by atoms with Gasteiger partial charge in [0.05, 0.1) is 28.2 Å². The molecule has 0 aliphatic carbocycles. The summed E-state index contributed by atoms with van der Waals surface area (Å²) in [5.74, 6) is -0.794. The number of carbonyl (C=O) groups excluding carboxylic acids is 2. The van der Waals surface area contributed by atoms with E-state index < -0.39 is 11.9 Å². The van der Waals surface area contributed by atoms with Gasteiger partial charge in [-0.1, -0.05) is 24.3 Å². The van der Waals surface area contributed by atoms with Gasteiger partial charge in [0, 0.05) is 6.07 Å². The largest absolute Gasteiger partial charge is 0.453 e. The predicted molar refractivity (Wildman–Crippen MR) is 127 cm³/mol. The van der Waals surface area contributed by atoms with Crippen LogP contribution in [-0.2, 0) is 0 Å². The Labute approximate surface area is 204 Å². The fourth-order valence-corrected chi connectivity index (χ4v) is 4.26. The standard InChI is InChI=1S/C28H13N3O5/c29-14-16-9-10-17(15-30)26-25(16)28(33)35-24-13-18(11-12-19(24)27(32)36-26)31-20-5-1-3-7-22(20)34-23-8-4-2-6-21(23)31/h1-13H. The van der Waals surface area contributed by atoms with Gasteiger partial charge in [-0.2, -0.15) is 10.5 Å². The Morgan fingerprint density at radius 2 is 1.28 bits per heavy atom. The molecule has 0 N–H and O–H groups in total. The molecule has 2 heterocycles. The number of ether oxygens (including phenoxy) is 3. The zero-order valence-electron chi connectivity index (χ0n) is 18.4. The minimum atomic E-state index is -0.910. The van der Waals surface area contributed by atoms with Crippen molar-refractivity contribution < 1.29 is 23.8 Å². The lowest BCUT2D eigenvalue weighted by molar-refractivity contribution is 0.0668. The molecule has 0 atom stereocenters. The Morgan fingerprint density at radius 3 is 1.94 bits per heavy atom. The fourth-order valence-electron chi connectivity index (χ4n) is 4.26. The van der Waals surface area contributed by atoms with E-state index in [-0.39, 0.29) is 33.8 Å². The van der Waals surface area contributed by atoms with Gasteiger partial charge in [0.1, 0.15) is 29.0 Å². The van der Waals surface area contributed by atoms with Crippen molar-refractivity contribution in [1.29, 1.82) is 10.5 Å². The van der Waals surface area contributed by atoms with E-state index in [1.807, 2.05) is 65.6 Å². The molecule has 6 rings (SSSR count). The van der Waals surface area contributed by atoms with E-state index in [4.69, 9.17) is 14.2 Å². The number of hydrogen-bond acceptors (Lipinski definition) is 8. The lowest BCUT2D eigenvalue weighted by atomic mass is 10.0. The quantitative estimate of drug-likeness (QED) is 0.224. The highest BCUT2D eigenvalue weighted by molar-refractivity contribution is 6.04. The number of nitrogens with zero attached hydrogens (tertiary/aromatic N) is 3. The average Bonchev–Trinajstić information content (AvgIpc) is 2.90. The second-order valence-electron chi connectivity index (χ2n) is 7.92. The second kappa shape index (κ2) is 8.01. The first kappa shape index (κ1) is 21.0. The maximum atomic E-state index is 13.2. The molecule has 2 aliphatic heterocycles. The van der Waals surface area contributed by atoms with Crippen LogP contribution in [0.4, 0.5) is 17.1 Å². The van der Waals surface area contributed by atoms with E-state index in [0.29, 0.717) is 17.2 Å². The van der Waals surface area contributed by atoms with E-state index in [9.17, 15) is 20.1 Å². The normalized spacial score (nSPS) is 13.1. The molecular weight excluding hydrogens is 458 g/mol. The molecule has 170 valence electrons. The summed E-state index contributed by atoms with van der Waals surface area (Å²) >= 11 is 0. The van der Waals surface area contributed by atoms with E-state index >= 15 is 0 Å². The number of carbonyl (C=O) groups is 2. The van der Waals surface area contributed by atoms with Crippen molar-refractivity contribution in [3.05, 3.63) is 101 Å². The summed E-state index contributed by atoms with van der Waals surface area (Å²) < 4.78 is 17.1. The summed E-state index contributed by atoms with van der Waals surface area (Å²) in [4.78, 5) is 28.1. The molecule has 0 unspecified atom stereocenters. The van der Waals surface area contributed by atoms with Crippen LogP contribution in [0.2, 0.25) is 0 Å². The van der Waals surface area contributed by atoms with E-state index in [2.05, 4.69) is 0 Å². The molecular formula is C28H13N3O5. The molecule has 0 bridgehead atoms. The molecule has 0 saturated carbocycles. The summed E-state index contributed by atoms with van der Waals surface area (Å²) in [6.07, 6.45) is 0. The van der Waals surface area contributed by atoms with Gasteiger partial charge in [-0.15, -0.1) is 0 Å². The lowest BCUT2D eigenvalue weighted by Crippen LogP contribution is -2.23. The molecule has 8 nitrogen and oxygen atoms in total. The highest BCUT2D eigenvalue weighted by Gasteiger charge is 2.32. The monoisotopic (exact) mass is 471 g/mol. The van der Waals surface area contributed by atoms with Crippen molar-refractivity contribution in [2.75, 3.05) is 4.90 Å². The summed E-state index contributed by atoms with van der Waals surface area (Å²) in [5, 5.41) is 18.9. The molecule has 4 aromatic rings. The first-order valence-corrected chi connectivity index (χ1v) is 10.8. The van der Waals surface area contributed by atoms with Gasteiger partial charge in [0.2, 0.25) is 0 Å². The number of fused-ring (bicyclic) bond motifs is 4. The minimum absolute atomic E-state index is 0.00108. The van der Waals surface area contributed by atoms with Crippen LogP contribution >= 0.6 is 0 Å². The van der Waals surface area contributed by atoms with Gasteiger partial charge in [-0.25, -0.2) is 9.59 Å². The summed E-state index contributed by atoms with van der Waals surface area (Å²) in [5.41, 5.74) is 1.71. The van der Waals surface area contributed by atoms with Gasteiger partial charge in [0.15, 0.2) is 17.2 Å². The number of rotatable bonds is 1. The number of para-hydroxylation sites is 4. The van der Waals surface area contributed by atoms with Crippen LogP contribution in [0.5, 0.6) is 23.0 Å². The average molecular weight is 471 g/mol. The van der Waals surface area contributed by atoms with Crippen molar-refractivity contribution in [2.24, 2.45) is 0 Å². The minimum Gasteiger partial charge on any atom is -0.453 e. The summed E-state index contributed by atoms with van der Waals surface area (Å²) in [6, 6.07) is 26.1. The first-order valence-electron chi connectivity index (χ1n) is 10.8. The number of benzene rings is 4. The number of anilines is 3. The molecule has 36 heavy (non-hydrogen) atoms. The van der Waals surface area contributed by atoms with Gasteiger partial charge in [-0.05, 0) is 48.5 Å². The van der Waals surface area contributed by atoms with Crippen LogP contribution in [0, 0.1) is 22.7 Å². The Balaban J connectivity index is 1.50. The van der Waals surface area contributed by atoms with Crippen LogP contribution < -0.4 is 19.1 Å². The third-order valence-electron chi connectivity index (χ3n) is 5.88. The molecule has 2 aliphatic rings. The molecule has 0 amide bonds. The van der Waals surface area contributed by atoms with Gasteiger partial charge >= 0.3 is 11.9 Å². The third-order valence-corrected chi connectivity index (χ3v) is 5.88. The van der Waals surface area contributed by atoms with Crippen molar-refractivity contribution in [3.8, 4) is 35.1 Å². The Hall–Kier alpha value is -5.60. The van der Waals surface area contributed by atoms with Crippen LogP contribution in [0.15, 0.2) is 78.9 Å². The molecule has 0 spiro atoms. The topological polar surface area (TPSA) is 113 Å². The number of hydrogen-bond donors (Lipinski definition) is 0. The highest BCUT2D eigenvalue weighted by atomic mass is 16.6. The molecule has 0 aromatic heterocycles. The predicted octanol–water partition coefficient (Wildman–Crippen LogP) is 5.76. The molecule has 8 heteroatoms. The van der Waals surface area contributed by atoms with Crippen molar-refractivity contribution in [3.63, 3.8) is 0 Å². The zero-order valence-corrected chi connectivity index (χ0v) is 18.4. The maximum absolute atomic E-state index is 13.2. The van der Waals surface area contributed by atoms with Crippen LogP contribution in [0.1, 0.15) is 31.8 Å². The van der Waals surface area contributed by atoms with E-state index in [1.54, 1.807) is 12.1 Å². The smallest absolute Gasteiger partial charge is 0.348 e. The molecule has 0 fully saturated rings. The van der Waals surface area contributed by atoms with Gasteiger partial charge in [0.25, 0.3) is 0 Å². The van der Waals surface area contributed by atoms with Crippen LogP contribution in [0.25, 0.3) is 0 Å². The zero-order chi connectivity index (χ0) is 24.8. The maximum Gasteiger partial charge on any atom is 0.348 e. The van der Waals surface area contributed by atoms with Crippen LogP contribution in [0.3, 0.4) is 0 Å². The summed E-state index contributed by atoms with van der Waals surface area (Å²) in [7, 11) is 0. The molecule has 0 radical (unpaired) electrons. The summed E-state index contributed by atoms with van der Waals surface area (Å²) in [6.45, 7) is 0. The first-order chi connectivity index (χ1) is 17.6. The van der Waals surface area contributed by atoms with E-state index in [1.165, 1.54) is 18.2 Å². The Morgan fingerprint density at radius 1 is 0.639 bits per heavy atom. The van der Waals surface area contributed by atoms with Crippen molar-refractivity contribution >= 4 is 29.0 Å². The number of esters is 2. The Bertz CT molecular complexity index is 1650. The van der Waals surface area contributed by atoms with E-state index in [0.717, 1.165) is 11.4 Å². The fraction of sp³-hybridized carbons (Fsp3) is 0.